The number of carbonyl (C=O) groups excluding carboxylic acids is 1. The van der Waals surface area contributed by atoms with Crippen molar-refractivity contribution in [3.05, 3.63) is 72.2 Å². The van der Waals surface area contributed by atoms with E-state index in [1.807, 2.05) is 30.3 Å². The number of benzene rings is 2. The van der Waals surface area contributed by atoms with E-state index in [1.165, 1.54) is 16.8 Å². The number of nitrogens with zero attached hydrogens (tertiary/aromatic N) is 2. The maximum atomic E-state index is 13.2. The molecule has 6 heteroatoms. The molecular weight excluding hydrogens is 335 g/mol. The van der Waals surface area contributed by atoms with Crippen molar-refractivity contribution in [2.75, 3.05) is 6.61 Å². The molecule has 2 heterocycles. The minimum Gasteiger partial charge on any atom is -0.461 e. The number of hydrogen-bond acceptors (Lipinski definition) is 4. The van der Waals surface area contributed by atoms with Crippen molar-refractivity contribution in [3.8, 4) is 17.1 Å². The first-order valence-electron chi connectivity index (χ1n) is 8.18. The highest BCUT2D eigenvalue weighted by atomic mass is 19.1. The molecule has 0 atom stereocenters. The van der Waals surface area contributed by atoms with Gasteiger partial charge in [-0.25, -0.2) is 13.9 Å². The van der Waals surface area contributed by atoms with Gasteiger partial charge in [-0.05, 0) is 43.3 Å². The highest BCUT2D eigenvalue weighted by Gasteiger charge is 2.20. The molecular formula is C20H15FN2O3. The third-order valence-corrected chi connectivity index (χ3v) is 3.94. The molecule has 26 heavy (non-hydrogen) atoms. The van der Waals surface area contributed by atoms with Crippen LogP contribution in [0.5, 0.6) is 0 Å². The van der Waals surface area contributed by atoms with Crippen molar-refractivity contribution < 1.29 is 18.3 Å². The van der Waals surface area contributed by atoms with Crippen LogP contribution in [-0.4, -0.2) is 22.4 Å². The van der Waals surface area contributed by atoms with E-state index in [1.54, 1.807) is 25.1 Å². The number of furan rings is 1. The van der Waals surface area contributed by atoms with E-state index >= 15 is 0 Å². The molecule has 2 aromatic carbocycles. The topological polar surface area (TPSA) is 57.3 Å². The SMILES string of the molecule is CCOC(=O)c1cc(-c2cc3ccccc3o2)nn1-c1ccc(F)cc1. The van der Waals surface area contributed by atoms with Crippen LogP contribution in [0.2, 0.25) is 0 Å². The Morgan fingerprint density at radius 3 is 2.65 bits per heavy atom. The highest BCUT2D eigenvalue weighted by Crippen LogP contribution is 2.28. The zero-order valence-electron chi connectivity index (χ0n) is 14.0. The fourth-order valence-electron chi connectivity index (χ4n) is 2.74. The van der Waals surface area contributed by atoms with Gasteiger partial charge in [0.15, 0.2) is 11.5 Å². The first-order chi connectivity index (χ1) is 12.7. The summed E-state index contributed by atoms with van der Waals surface area (Å²) in [5, 5.41) is 5.42. The number of carbonyl (C=O) groups is 1. The molecule has 0 amide bonds. The summed E-state index contributed by atoms with van der Waals surface area (Å²) in [6, 6.07) is 16.8. The number of para-hydroxylation sites is 1. The highest BCUT2D eigenvalue weighted by molar-refractivity contribution is 5.90. The zero-order chi connectivity index (χ0) is 18.1. The van der Waals surface area contributed by atoms with Gasteiger partial charge in [-0.2, -0.15) is 5.10 Å². The molecule has 0 bridgehead atoms. The van der Waals surface area contributed by atoms with Gasteiger partial charge in [0, 0.05) is 11.5 Å². The van der Waals surface area contributed by atoms with Crippen LogP contribution in [0.15, 0.2) is 65.1 Å². The molecule has 0 aliphatic heterocycles. The summed E-state index contributed by atoms with van der Waals surface area (Å²) in [7, 11) is 0. The lowest BCUT2D eigenvalue weighted by atomic mass is 10.2. The molecule has 0 saturated carbocycles. The van der Waals surface area contributed by atoms with Crippen LogP contribution in [0.25, 0.3) is 28.1 Å². The maximum Gasteiger partial charge on any atom is 0.357 e. The molecule has 0 unspecified atom stereocenters. The van der Waals surface area contributed by atoms with Crippen molar-refractivity contribution in [1.29, 1.82) is 0 Å². The Bertz CT molecular complexity index is 1050. The largest absolute Gasteiger partial charge is 0.461 e. The average molecular weight is 350 g/mol. The van der Waals surface area contributed by atoms with Gasteiger partial charge in [-0.3, -0.25) is 0 Å². The van der Waals surface area contributed by atoms with Crippen molar-refractivity contribution >= 4 is 16.9 Å². The molecule has 0 radical (unpaired) electrons. The van der Waals surface area contributed by atoms with Crippen molar-refractivity contribution in [2.45, 2.75) is 6.92 Å². The standard InChI is InChI=1S/C20H15FN2O3/c1-2-25-20(24)17-12-16(19-11-13-5-3-4-6-18(13)26-19)22-23(17)15-9-7-14(21)8-10-15/h3-12H,2H2,1H3. The second-order valence-electron chi connectivity index (χ2n) is 5.67. The Hall–Kier alpha value is -3.41. The molecule has 130 valence electrons. The summed E-state index contributed by atoms with van der Waals surface area (Å²) in [5.41, 5.74) is 2.02. The lowest BCUT2D eigenvalue weighted by molar-refractivity contribution is 0.0515. The van der Waals surface area contributed by atoms with E-state index in [-0.39, 0.29) is 18.1 Å². The van der Waals surface area contributed by atoms with Gasteiger partial charge in [0.05, 0.1) is 12.3 Å². The smallest absolute Gasteiger partial charge is 0.357 e. The van der Waals surface area contributed by atoms with E-state index in [0.717, 1.165) is 11.0 Å². The predicted octanol–water partition coefficient (Wildman–Crippen LogP) is 4.60. The Kier molecular flexibility index (Phi) is 4.01. The van der Waals surface area contributed by atoms with Crippen LogP contribution in [0.3, 0.4) is 0 Å². The van der Waals surface area contributed by atoms with Gasteiger partial charge >= 0.3 is 5.97 Å². The summed E-state index contributed by atoms with van der Waals surface area (Å²) in [6.07, 6.45) is 0. The number of halogens is 1. The van der Waals surface area contributed by atoms with Gasteiger partial charge in [0.2, 0.25) is 0 Å². The van der Waals surface area contributed by atoms with E-state index in [0.29, 0.717) is 17.1 Å². The Labute approximate surface area is 148 Å². The third kappa shape index (κ3) is 2.86. The zero-order valence-corrected chi connectivity index (χ0v) is 14.0. The summed E-state index contributed by atoms with van der Waals surface area (Å²) in [6.45, 7) is 1.98. The number of ether oxygens (including phenoxy) is 1. The fourth-order valence-corrected chi connectivity index (χ4v) is 2.74. The molecule has 4 rings (SSSR count). The molecule has 0 fully saturated rings. The van der Waals surface area contributed by atoms with Gasteiger partial charge in [-0.15, -0.1) is 0 Å². The number of hydrogen-bond donors (Lipinski definition) is 0. The Balaban J connectivity index is 1.84. The minimum absolute atomic E-state index is 0.243. The third-order valence-electron chi connectivity index (χ3n) is 3.94. The average Bonchev–Trinajstić information content (AvgIpc) is 3.27. The van der Waals surface area contributed by atoms with Gasteiger partial charge < -0.3 is 9.15 Å². The summed E-state index contributed by atoms with van der Waals surface area (Å²) in [5.74, 6) is -0.333. The number of esters is 1. The van der Waals surface area contributed by atoms with E-state index in [2.05, 4.69) is 5.10 Å². The first-order valence-corrected chi connectivity index (χ1v) is 8.18. The molecule has 0 aliphatic carbocycles. The summed E-state index contributed by atoms with van der Waals surface area (Å²) in [4.78, 5) is 12.3. The number of aromatic nitrogens is 2. The van der Waals surface area contributed by atoms with Crippen LogP contribution in [0.1, 0.15) is 17.4 Å². The van der Waals surface area contributed by atoms with Crippen molar-refractivity contribution in [2.24, 2.45) is 0 Å². The van der Waals surface area contributed by atoms with Gasteiger partial charge in [0.1, 0.15) is 17.1 Å². The minimum atomic E-state index is -0.508. The second kappa shape index (κ2) is 6.48. The predicted molar refractivity (Wildman–Crippen MR) is 94.7 cm³/mol. The first kappa shape index (κ1) is 16.1. The normalized spacial score (nSPS) is 11.0. The molecule has 4 aromatic rings. The van der Waals surface area contributed by atoms with E-state index in [9.17, 15) is 9.18 Å². The Morgan fingerprint density at radius 1 is 1.15 bits per heavy atom. The number of fused-ring (bicyclic) bond motifs is 1. The number of rotatable bonds is 4. The second-order valence-corrected chi connectivity index (χ2v) is 5.67. The van der Waals surface area contributed by atoms with Crippen LogP contribution in [0, 0.1) is 5.82 Å². The van der Waals surface area contributed by atoms with Crippen LogP contribution in [0.4, 0.5) is 4.39 Å². The molecule has 0 spiro atoms. The lowest BCUT2D eigenvalue weighted by Gasteiger charge is -2.06. The van der Waals surface area contributed by atoms with E-state index < -0.39 is 5.97 Å². The molecule has 2 aromatic heterocycles. The Morgan fingerprint density at radius 2 is 1.92 bits per heavy atom. The maximum absolute atomic E-state index is 13.2. The molecule has 5 nitrogen and oxygen atoms in total. The summed E-state index contributed by atoms with van der Waals surface area (Å²) >= 11 is 0. The fraction of sp³-hybridized carbons (Fsp3) is 0.100. The molecule has 0 N–H and O–H groups in total. The van der Waals surface area contributed by atoms with Crippen molar-refractivity contribution in [1.82, 2.24) is 9.78 Å². The van der Waals surface area contributed by atoms with Crippen molar-refractivity contribution in [3.63, 3.8) is 0 Å². The van der Waals surface area contributed by atoms with Crippen LogP contribution >= 0.6 is 0 Å². The summed E-state index contributed by atoms with van der Waals surface area (Å²) < 4.78 is 25.6. The van der Waals surface area contributed by atoms with Crippen LogP contribution in [-0.2, 0) is 4.74 Å². The lowest BCUT2D eigenvalue weighted by Crippen LogP contribution is -2.11. The molecule has 0 saturated heterocycles. The quantitative estimate of drug-likeness (QED) is 0.505. The monoisotopic (exact) mass is 350 g/mol. The molecule has 0 aliphatic rings. The van der Waals surface area contributed by atoms with Gasteiger partial charge in [-0.1, -0.05) is 18.2 Å². The van der Waals surface area contributed by atoms with Crippen LogP contribution < -0.4 is 0 Å². The van der Waals surface area contributed by atoms with Gasteiger partial charge in [0.25, 0.3) is 0 Å². The van der Waals surface area contributed by atoms with E-state index in [4.69, 9.17) is 9.15 Å².